The van der Waals surface area contributed by atoms with E-state index in [4.69, 9.17) is 13.8 Å². The molecule has 0 saturated heterocycles. The average molecular weight is 487 g/mol. The molecule has 2 aliphatic carbocycles. The summed E-state index contributed by atoms with van der Waals surface area (Å²) in [6.45, 7) is 0. The predicted molar refractivity (Wildman–Crippen MR) is 134 cm³/mol. The zero-order chi connectivity index (χ0) is 24.5. The summed E-state index contributed by atoms with van der Waals surface area (Å²) in [6.07, 6.45) is 9.70. The first-order valence-electron chi connectivity index (χ1n) is 12.9. The average Bonchev–Trinajstić information content (AvgIpc) is 3.66. The molecule has 2 saturated carbocycles. The summed E-state index contributed by atoms with van der Waals surface area (Å²) in [5.41, 5.74) is 4.26. The quantitative estimate of drug-likeness (QED) is 0.391. The van der Waals surface area contributed by atoms with Crippen LogP contribution in [0.4, 0.5) is 0 Å². The second-order valence-electron chi connectivity index (χ2n) is 10.2. The van der Waals surface area contributed by atoms with E-state index < -0.39 is 0 Å². The van der Waals surface area contributed by atoms with E-state index in [-0.39, 0.29) is 23.9 Å². The largest absolute Gasteiger partial charge is 0.443 e. The van der Waals surface area contributed by atoms with Crippen molar-refractivity contribution in [3.8, 4) is 0 Å². The monoisotopic (exact) mass is 486 g/mol. The first kappa shape index (κ1) is 22.8. The summed E-state index contributed by atoms with van der Waals surface area (Å²) in [5.74, 6) is 0.983. The van der Waals surface area contributed by atoms with Gasteiger partial charge >= 0.3 is 0 Å². The SMILES string of the molecule is O=C(Cc1ccc2ocnc2c1)NC1CCC(Cc2nc3c(C(=O)NC4CCCC4)cccc3o2)C1. The maximum atomic E-state index is 12.9. The fourth-order valence-corrected chi connectivity index (χ4v) is 5.71. The van der Waals surface area contributed by atoms with Crippen molar-refractivity contribution in [1.82, 2.24) is 20.6 Å². The van der Waals surface area contributed by atoms with E-state index in [1.807, 2.05) is 36.4 Å². The molecule has 2 unspecified atom stereocenters. The van der Waals surface area contributed by atoms with Gasteiger partial charge < -0.3 is 19.5 Å². The van der Waals surface area contributed by atoms with Gasteiger partial charge in [0.1, 0.15) is 11.0 Å². The lowest BCUT2D eigenvalue weighted by Crippen LogP contribution is -2.34. The predicted octanol–water partition coefficient (Wildman–Crippen LogP) is 4.71. The Morgan fingerprint density at radius 3 is 2.75 bits per heavy atom. The van der Waals surface area contributed by atoms with Crippen LogP contribution in [0.5, 0.6) is 0 Å². The number of nitrogens with zero attached hydrogens (tertiary/aromatic N) is 2. The van der Waals surface area contributed by atoms with Gasteiger partial charge in [0, 0.05) is 18.5 Å². The van der Waals surface area contributed by atoms with Crippen LogP contribution in [0.2, 0.25) is 0 Å². The van der Waals surface area contributed by atoms with Gasteiger partial charge in [-0.1, -0.05) is 25.0 Å². The molecular formula is C28H30N4O4. The Bertz CT molecular complexity index is 1400. The maximum absolute atomic E-state index is 12.9. The van der Waals surface area contributed by atoms with Crippen molar-refractivity contribution >= 4 is 34.0 Å². The lowest BCUT2D eigenvalue weighted by atomic mass is 10.0. The van der Waals surface area contributed by atoms with Crippen molar-refractivity contribution < 1.29 is 18.4 Å². The minimum absolute atomic E-state index is 0.0169. The standard InChI is InChI=1S/C28H30N4O4/c33-25(14-18-9-11-23-22(13-18)29-16-35-23)30-20-10-8-17(12-20)15-26-32-27-21(6-3-7-24(27)36-26)28(34)31-19-4-1-2-5-19/h3,6-7,9,11,13,16-17,19-20H,1-2,4-5,8,10,12,14-15H2,(H,30,33)(H,31,34). The van der Waals surface area contributed by atoms with E-state index in [0.29, 0.717) is 41.3 Å². The molecule has 2 heterocycles. The van der Waals surface area contributed by atoms with Crippen LogP contribution in [-0.4, -0.2) is 33.9 Å². The van der Waals surface area contributed by atoms with Crippen LogP contribution in [0.1, 0.15) is 66.8 Å². The molecule has 2 N–H and O–H groups in total. The Kier molecular flexibility index (Phi) is 6.17. The molecule has 2 aliphatic rings. The van der Waals surface area contributed by atoms with Crippen LogP contribution < -0.4 is 10.6 Å². The Hall–Kier alpha value is -3.68. The lowest BCUT2D eigenvalue weighted by Gasteiger charge is -2.13. The molecule has 2 aromatic heterocycles. The van der Waals surface area contributed by atoms with Gasteiger partial charge in [-0.05, 0) is 67.9 Å². The van der Waals surface area contributed by atoms with E-state index in [9.17, 15) is 9.59 Å². The van der Waals surface area contributed by atoms with Crippen molar-refractivity contribution in [1.29, 1.82) is 0 Å². The van der Waals surface area contributed by atoms with Gasteiger partial charge in [-0.15, -0.1) is 0 Å². The fraction of sp³-hybridized carbons (Fsp3) is 0.429. The van der Waals surface area contributed by atoms with Crippen LogP contribution in [0.15, 0.2) is 51.6 Å². The van der Waals surface area contributed by atoms with E-state index >= 15 is 0 Å². The molecule has 36 heavy (non-hydrogen) atoms. The maximum Gasteiger partial charge on any atom is 0.253 e. The van der Waals surface area contributed by atoms with Crippen LogP contribution in [0.25, 0.3) is 22.2 Å². The zero-order valence-electron chi connectivity index (χ0n) is 20.2. The summed E-state index contributed by atoms with van der Waals surface area (Å²) in [4.78, 5) is 34.3. The third-order valence-corrected chi connectivity index (χ3v) is 7.53. The molecule has 0 spiro atoms. The molecule has 8 nitrogen and oxygen atoms in total. The van der Waals surface area contributed by atoms with Gasteiger partial charge in [0.2, 0.25) is 5.91 Å². The highest BCUT2D eigenvalue weighted by atomic mass is 16.3. The molecule has 2 fully saturated rings. The van der Waals surface area contributed by atoms with Gasteiger partial charge in [-0.3, -0.25) is 9.59 Å². The zero-order valence-corrected chi connectivity index (χ0v) is 20.2. The highest BCUT2D eigenvalue weighted by Gasteiger charge is 2.28. The summed E-state index contributed by atoms with van der Waals surface area (Å²) >= 11 is 0. The Morgan fingerprint density at radius 2 is 1.86 bits per heavy atom. The second-order valence-corrected chi connectivity index (χ2v) is 10.2. The minimum Gasteiger partial charge on any atom is -0.443 e. The third kappa shape index (κ3) is 4.85. The fourth-order valence-electron chi connectivity index (χ4n) is 5.71. The third-order valence-electron chi connectivity index (χ3n) is 7.53. The lowest BCUT2D eigenvalue weighted by molar-refractivity contribution is -0.121. The molecule has 0 bridgehead atoms. The van der Waals surface area contributed by atoms with Crippen molar-refractivity contribution in [2.24, 2.45) is 5.92 Å². The number of oxazole rings is 2. The van der Waals surface area contributed by atoms with Crippen molar-refractivity contribution in [2.75, 3.05) is 0 Å². The number of fused-ring (bicyclic) bond motifs is 2. The number of nitrogens with one attached hydrogen (secondary N) is 2. The van der Waals surface area contributed by atoms with Crippen molar-refractivity contribution in [2.45, 2.75) is 69.9 Å². The number of carbonyl (C=O) groups excluding carboxylic acids is 2. The van der Waals surface area contributed by atoms with Gasteiger partial charge in [0.05, 0.1) is 12.0 Å². The number of aromatic nitrogens is 2. The Labute approximate surface area is 208 Å². The normalized spacial score (nSPS) is 20.3. The van der Waals surface area contributed by atoms with Crippen LogP contribution in [-0.2, 0) is 17.6 Å². The molecule has 4 aromatic rings. The highest BCUT2D eigenvalue weighted by Crippen LogP contribution is 2.30. The summed E-state index contributed by atoms with van der Waals surface area (Å²) in [6, 6.07) is 11.6. The first-order valence-corrected chi connectivity index (χ1v) is 12.9. The topological polar surface area (TPSA) is 110 Å². The van der Waals surface area contributed by atoms with Crippen LogP contribution in [0, 0.1) is 5.92 Å². The Morgan fingerprint density at radius 1 is 0.972 bits per heavy atom. The summed E-state index contributed by atoms with van der Waals surface area (Å²) in [7, 11) is 0. The summed E-state index contributed by atoms with van der Waals surface area (Å²) < 4.78 is 11.3. The van der Waals surface area contributed by atoms with Crippen LogP contribution >= 0.6 is 0 Å². The Balaban J connectivity index is 1.05. The van der Waals surface area contributed by atoms with Gasteiger partial charge in [0.15, 0.2) is 23.5 Å². The van der Waals surface area contributed by atoms with E-state index in [1.54, 1.807) is 0 Å². The van der Waals surface area contributed by atoms with Crippen LogP contribution in [0.3, 0.4) is 0 Å². The molecule has 8 heteroatoms. The molecule has 2 aromatic carbocycles. The smallest absolute Gasteiger partial charge is 0.253 e. The number of rotatable bonds is 7. The van der Waals surface area contributed by atoms with Crippen molar-refractivity contribution in [3.05, 3.63) is 59.8 Å². The van der Waals surface area contributed by atoms with Gasteiger partial charge in [-0.25, -0.2) is 9.97 Å². The molecule has 2 atom stereocenters. The number of hydrogen-bond donors (Lipinski definition) is 2. The molecule has 186 valence electrons. The molecule has 6 rings (SSSR count). The molecule has 0 aliphatic heterocycles. The highest BCUT2D eigenvalue weighted by molar-refractivity contribution is 6.04. The van der Waals surface area contributed by atoms with Crippen molar-refractivity contribution in [3.63, 3.8) is 0 Å². The minimum atomic E-state index is -0.0707. The molecule has 2 amide bonds. The number of benzene rings is 2. The van der Waals surface area contributed by atoms with E-state index in [0.717, 1.165) is 48.8 Å². The van der Waals surface area contributed by atoms with Gasteiger partial charge in [0.25, 0.3) is 5.91 Å². The number of amides is 2. The number of para-hydroxylation sites is 1. The molecule has 0 radical (unpaired) electrons. The van der Waals surface area contributed by atoms with E-state index in [1.165, 1.54) is 19.2 Å². The van der Waals surface area contributed by atoms with E-state index in [2.05, 4.69) is 15.6 Å². The summed E-state index contributed by atoms with van der Waals surface area (Å²) in [5, 5.41) is 6.33. The van der Waals surface area contributed by atoms with Gasteiger partial charge in [-0.2, -0.15) is 0 Å². The second kappa shape index (κ2) is 9.76. The molecular weight excluding hydrogens is 456 g/mol. The number of hydrogen-bond acceptors (Lipinski definition) is 6. The number of carbonyl (C=O) groups is 2. The first-order chi connectivity index (χ1) is 17.6.